The molecule has 0 aromatic carbocycles. The largest absolute Gasteiger partial charge is 0.464 e. The zero-order valence-electron chi connectivity index (χ0n) is 17.7. The van der Waals surface area contributed by atoms with Crippen LogP contribution in [-0.2, 0) is 11.3 Å². The number of aromatic nitrogens is 4. The highest BCUT2D eigenvalue weighted by molar-refractivity contribution is 7.99. The van der Waals surface area contributed by atoms with Crippen molar-refractivity contribution in [3.05, 3.63) is 51.3 Å². The van der Waals surface area contributed by atoms with E-state index < -0.39 is 0 Å². The Bertz CT molecular complexity index is 1270. The lowest BCUT2D eigenvalue weighted by molar-refractivity contribution is 0.0944. The molecule has 162 valence electrons. The predicted octanol–water partition coefficient (Wildman–Crippen LogP) is 5.09. The van der Waals surface area contributed by atoms with Crippen LogP contribution in [0.2, 0.25) is 0 Å². The first kappa shape index (κ1) is 20.5. The third-order valence-electron chi connectivity index (χ3n) is 5.75. The Hall–Kier alpha value is -2.36. The highest BCUT2D eigenvalue weighted by Crippen LogP contribution is 2.36. The minimum absolute atomic E-state index is 0.0595. The highest BCUT2D eigenvalue weighted by atomic mass is 32.2. The molecule has 1 aliphatic rings. The van der Waals surface area contributed by atoms with Crippen LogP contribution in [0, 0.1) is 13.8 Å². The van der Waals surface area contributed by atoms with E-state index in [9.17, 15) is 4.79 Å². The van der Waals surface area contributed by atoms with Crippen LogP contribution in [0.3, 0.4) is 0 Å². The van der Waals surface area contributed by atoms with Gasteiger partial charge < -0.3 is 18.7 Å². The fraction of sp³-hybridized carbons (Fsp3) is 0.409. The third kappa shape index (κ3) is 3.86. The number of hydrogen-bond acceptors (Lipinski definition) is 7. The van der Waals surface area contributed by atoms with E-state index in [1.807, 2.05) is 31.4 Å². The summed E-state index contributed by atoms with van der Waals surface area (Å²) in [4.78, 5) is 26.2. The van der Waals surface area contributed by atoms with E-state index in [0.29, 0.717) is 21.8 Å². The number of aryl methyl sites for hydroxylation is 1. The van der Waals surface area contributed by atoms with Crippen molar-refractivity contribution in [3.8, 4) is 11.3 Å². The maximum atomic E-state index is 12.9. The molecule has 0 bridgehead atoms. The zero-order valence-corrected chi connectivity index (χ0v) is 19.3. The van der Waals surface area contributed by atoms with Crippen molar-refractivity contribution in [1.82, 2.24) is 19.5 Å². The van der Waals surface area contributed by atoms with Gasteiger partial charge in [0.2, 0.25) is 0 Å². The van der Waals surface area contributed by atoms with Crippen LogP contribution >= 0.6 is 23.1 Å². The molecule has 0 saturated carbocycles. The van der Waals surface area contributed by atoms with Gasteiger partial charge in [0.25, 0.3) is 5.56 Å². The van der Waals surface area contributed by atoms with Gasteiger partial charge in [-0.2, -0.15) is 0 Å². The number of rotatable bonds is 6. The summed E-state index contributed by atoms with van der Waals surface area (Å²) in [6.45, 7) is 7.82. The Morgan fingerprint density at radius 3 is 3.00 bits per heavy atom. The van der Waals surface area contributed by atoms with E-state index in [1.54, 1.807) is 18.0 Å². The Labute approximate surface area is 187 Å². The lowest BCUT2D eigenvalue weighted by atomic mass is 10.2. The van der Waals surface area contributed by atoms with Crippen LogP contribution in [-0.4, -0.2) is 32.2 Å². The van der Waals surface area contributed by atoms with Crippen LogP contribution < -0.4 is 5.56 Å². The van der Waals surface area contributed by atoms with E-state index in [1.165, 1.54) is 11.3 Å². The molecule has 5 rings (SSSR count). The van der Waals surface area contributed by atoms with Crippen molar-refractivity contribution in [1.29, 1.82) is 0 Å². The summed E-state index contributed by atoms with van der Waals surface area (Å²) in [7, 11) is 0. The van der Waals surface area contributed by atoms with E-state index in [-0.39, 0.29) is 16.9 Å². The van der Waals surface area contributed by atoms with Crippen LogP contribution in [0.25, 0.3) is 21.5 Å². The van der Waals surface area contributed by atoms with Gasteiger partial charge in [0.05, 0.1) is 35.2 Å². The molecule has 7 nitrogen and oxygen atoms in total. The molecule has 4 aromatic heterocycles. The molecule has 31 heavy (non-hydrogen) atoms. The molecular weight excluding hydrogens is 432 g/mol. The average Bonchev–Trinajstić information content (AvgIpc) is 3.54. The molecule has 0 spiro atoms. The van der Waals surface area contributed by atoms with E-state index in [4.69, 9.17) is 19.1 Å². The molecule has 0 aliphatic carbocycles. The average molecular weight is 457 g/mol. The lowest BCUT2D eigenvalue weighted by Crippen LogP contribution is -2.17. The third-order valence-corrected chi connectivity index (χ3v) is 7.72. The maximum absolute atomic E-state index is 12.9. The van der Waals surface area contributed by atoms with Gasteiger partial charge in [0.1, 0.15) is 16.4 Å². The fourth-order valence-corrected chi connectivity index (χ4v) is 5.91. The molecule has 0 unspecified atom stereocenters. The Balaban J connectivity index is 1.44. The van der Waals surface area contributed by atoms with Gasteiger partial charge in [0.15, 0.2) is 5.16 Å². The van der Waals surface area contributed by atoms with Gasteiger partial charge >= 0.3 is 0 Å². The van der Waals surface area contributed by atoms with Crippen molar-refractivity contribution in [2.24, 2.45) is 0 Å². The van der Waals surface area contributed by atoms with Gasteiger partial charge in [-0.15, -0.1) is 11.3 Å². The van der Waals surface area contributed by atoms with Crippen molar-refractivity contribution >= 4 is 33.3 Å². The monoisotopic (exact) mass is 456 g/mol. The van der Waals surface area contributed by atoms with Crippen molar-refractivity contribution in [3.63, 3.8) is 0 Å². The van der Waals surface area contributed by atoms with Gasteiger partial charge in [0, 0.05) is 23.2 Å². The first-order valence-electron chi connectivity index (χ1n) is 10.4. The van der Waals surface area contributed by atoms with Crippen LogP contribution in [0.1, 0.15) is 42.2 Å². The van der Waals surface area contributed by atoms with Gasteiger partial charge in [-0.25, -0.2) is 9.97 Å². The fourth-order valence-electron chi connectivity index (χ4n) is 3.91. The summed E-state index contributed by atoms with van der Waals surface area (Å²) in [6, 6.07) is 3.67. The molecular formula is C22H24N4O3S2. The predicted molar refractivity (Wildman–Crippen MR) is 123 cm³/mol. The molecule has 1 saturated heterocycles. The number of hydrogen-bond donors (Lipinski definition) is 1. The van der Waals surface area contributed by atoms with E-state index in [2.05, 4.69) is 16.5 Å². The first-order valence-corrected chi connectivity index (χ1v) is 12.1. The summed E-state index contributed by atoms with van der Waals surface area (Å²) >= 11 is 3.07. The molecule has 4 aromatic rings. The number of H-pyrrole nitrogens is 1. The zero-order chi connectivity index (χ0) is 21.5. The molecule has 0 amide bonds. The Morgan fingerprint density at radius 1 is 1.39 bits per heavy atom. The number of furan rings is 1. The standard InChI is InChI=1S/C22H24N4O3S2/c1-12-13(2)26(10-15-6-4-8-28-15)22(23-12)31-14(3)19-24-20(27)18-16(11-30-21(18)25-19)17-7-5-9-29-17/h5,7,9,11,14-15H,4,6,8,10H2,1-3H3,(H,24,25,27)/t14-,15+/m1/s1. The normalized spacial score (nSPS) is 17.6. The summed E-state index contributed by atoms with van der Waals surface area (Å²) in [6.07, 6.45) is 4.04. The molecule has 5 heterocycles. The SMILES string of the molecule is Cc1nc(S[C@H](C)c2nc3scc(-c4ccco4)c3c(=O)[nH]2)n(C[C@@H]2CCCO2)c1C. The number of imidazole rings is 1. The second-order valence-electron chi connectivity index (χ2n) is 7.83. The summed E-state index contributed by atoms with van der Waals surface area (Å²) in [5, 5.41) is 3.38. The molecule has 1 aliphatic heterocycles. The van der Waals surface area contributed by atoms with E-state index >= 15 is 0 Å². The number of fused-ring (bicyclic) bond motifs is 1. The molecule has 0 radical (unpaired) electrons. The minimum atomic E-state index is -0.143. The highest BCUT2D eigenvalue weighted by Gasteiger charge is 2.23. The van der Waals surface area contributed by atoms with Crippen molar-refractivity contribution in [2.75, 3.05) is 6.61 Å². The Morgan fingerprint density at radius 2 is 2.26 bits per heavy atom. The quantitative estimate of drug-likeness (QED) is 0.407. The van der Waals surface area contributed by atoms with Crippen LogP contribution in [0.5, 0.6) is 0 Å². The molecule has 1 N–H and O–H groups in total. The number of aromatic amines is 1. The molecule has 9 heteroatoms. The number of thioether (sulfide) groups is 1. The van der Waals surface area contributed by atoms with Crippen LogP contribution in [0.4, 0.5) is 0 Å². The number of nitrogens with zero attached hydrogens (tertiary/aromatic N) is 3. The first-order chi connectivity index (χ1) is 15.0. The van der Waals surface area contributed by atoms with Crippen molar-refractivity contribution < 1.29 is 9.15 Å². The van der Waals surface area contributed by atoms with E-state index in [0.717, 1.165) is 48.1 Å². The summed E-state index contributed by atoms with van der Waals surface area (Å²) in [5.74, 6) is 1.33. The number of ether oxygens (including phenoxy) is 1. The van der Waals surface area contributed by atoms with Crippen LogP contribution in [0.15, 0.2) is 38.1 Å². The second kappa shape index (κ2) is 8.29. The molecule has 1 fully saturated rings. The topological polar surface area (TPSA) is 85.9 Å². The molecule has 2 atom stereocenters. The van der Waals surface area contributed by atoms with Gasteiger partial charge in [-0.1, -0.05) is 11.8 Å². The lowest BCUT2D eigenvalue weighted by Gasteiger charge is -2.16. The number of nitrogens with one attached hydrogen (secondary N) is 1. The number of thiophene rings is 1. The summed E-state index contributed by atoms with van der Waals surface area (Å²) in [5.41, 5.74) is 2.81. The smallest absolute Gasteiger partial charge is 0.260 e. The summed E-state index contributed by atoms with van der Waals surface area (Å²) < 4.78 is 13.6. The Kier molecular flexibility index (Phi) is 5.49. The minimum Gasteiger partial charge on any atom is -0.464 e. The van der Waals surface area contributed by atoms with Gasteiger partial charge in [-0.05, 0) is 45.7 Å². The van der Waals surface area contributed by atoms with Gasteiger partial charge in [-0.3, -0.25) is 4.79 Å². The maximum Gasteiger partial charge on any atom is 0.260 e. The second-order valence-corrected chi connectivity index (χ2v) is 9.99. The van der Waals surface area contributed by atoms with Crippen molar-refractivity contribution in [2.45, 2.75) is 56.7 Å².